The Bertz CT molecular complexity index is 1010. The largest absolute Gasteiger partial charge is 0.465 e. The lowest BCUT2D eigenvalue weighted by Crippen LogP contribution is -2.40. The van der Waals surface area contributed by atoms with Gasteiger partial charge in [0.2, 0.25) is 5.91 Å². The number of furan rings is 1. The van der Waals surface area contributed by atoms with E-state index in [4.69, 9.17) is 16.0 Å². The van der Waals surface area contributed by atoms with Crippen LogP contribution in [0.15, 0.2) is 47.1 Å². The normalized spacial score (nSPS) is 11.9. The summed E-state index contributed by atoms with van der Waals surface area (Å²) >= 11 is 7.68. The smallest absolute Gasteiger partial charge is 0.263 e. The minimum Gasteiger partial charge on any atom is -0.465 e. The van der Waals surface area contributed by atoms with Crippen molar-refractivity contribution in [2.24, 2.45) is 0 Å². The van der Waals surface area contributed by atoms with Crippen LogP contribution in [0.2, 0.25) is 5.02 Å². The maximum atomic E-state index is 12.5. The van der Waals surface area contributed by atoms with Crippen molar-refractivity contribution in [1.29, 1.82) is 0 Å². The van der Waals surface area contributed by atoms with Crippen molar-refractivity contribution in [1.82, 2.24) is 5.32 Å². The molecule has 0 radical (unpaired) electrons. The first-order valence-corrected chi connectivity index (χ1v) is 9.50. The average molecular weight is 403 g/mol. The van der Waals surface area contributed by atoms with Crippen molar-refractivity contribution in [2.75, 3.05) is 5.32 Å². The summed E-state index contributed by atoms with van der Waals surface area (Å²) in [5, 5.41) is 6.86. The Morgan fingerprint density at radius 2 is 1.96 bits per heavy atom. The van der Waals surface area contributed by atoms with E-state index in [1.807, 2.05) is 26.8 Å². The average Bonchev–Trinajstić information content (AvgIpc) is 3.20. The molecule has 0 saturated carbocycles. The number of carbonyl (C=O) groups is 2. The summed E-state index contributed by atoms with van der Waals surface area (Å²) in [7, 11) is 0. The highest BCUT2D eigenvalue weighted by Crippen LogP contribution is 2.39. The Labute approximate surface area is 166 Å². The second-order valence-electron chi connectivity index (χ2n) is 6.97. The summed E-state index contributed by atoms with van der Waals surface area (Å²) in [5.41, 5.74) is 0.230. The van der Waals surface area contributed by atoms with E-state index < -0.39 is 0 Å². The first kappa shape index (κ1) is 19.2. The van der Waals surface area contributed by atoms with E-state index in [2.05, 4.69) is 10.6 Å². The molecule has 0 aliphatic carbocycles. The number of halogens is 1. The Kier molecular flexibility index (Phi) is 5.39. The Morgan fingerprint density at radius 1 is 1.19 bits per heavy atom. The molecular formula is C20H19ClN2O3S. The van der Waals surface area contributed by atoms with Gasteiger partial charge in [0.25, 0.3) is 5.91 Å². The molecule has 0 spiro atoms. The second-order valence-corrected chi connectivity index (χ2v) is 8.37. The number of hydrogen-bond donors (Lipinski definition) is 2. The van der Waals surface area contributed by atoms with Gasteiger partial charge in [-0.15, -0.1) is 11.3 Å². The predicted molar refractivity (Wildman–Crippen MR) is 110 cm³/mol. The number of thiophene rings is 1. The van der Waals surface area contributed by atoms with E-state index in [-0.39, 0.29) is 17.4 Å². The maximum absolute atomic E-state index is 12.5. The van der Waals surface area contributed by atoms with Crippen LogP contribution < -0.4 is 10.6 Å². The van der Waals surface area contributed by atoms with Crippen molar-refractivity contribution in [3.63, 3.8) is 0 Å². The van der Waals surface area contributed by atoms with Gasteiger partial charge in [-0.1, -0.05) is 23.7 Å². The van der Waals surface area contributed by atoms with E-state index in [1.54, 1.807) is 30.3 Å². The highest BCUT2D eigenvalue weighted by atomic mass is 35.5. The van der Waals surface area contributed by atoms with Gasteiger partial charge in [-0.05, 0) is 45.0 Å². The molecule has 7 heteroatoms. The first-order valence-electron chi connectivity index (χ1n) is 8.31. The standard InChI is InChI=1S/C20H19ClN2O3S/c1-20(2,3)23-19(25)18-16(21)13-7-4-8-14(17(13)27-18)22-15(24)10-9-12-6-5-11-26-12/h4-11H,1-3H3,(H,22,24)(H,23,25)/b10-9+. The van der Waals surface area contributed by atoms with Gasteiger partial charge in [0, 0.05) is 17.0 Å². The lowest BCUT2D eigenvalue weighted by Gasteiger charge is -2.19. The van der Waals surface area contributed by atoms with Crippen molar-refractivity contribution < 1.29 is 14.0 Å². The third-order valence-electron chi connectivity index (χ3n) is 3.55. The molecule has 3 rings (SSSR count). The molecule has 0 bridgehead atoms. The second kappa shape index (κ2) is 7.58. The van der Waals surface area contributed by atoms with Gasteiger partial charge in [-0.2, -0.15) is 0 Å². The zero-order valence-electron chi connectivity index (χ0n) is 15.1. The fourth-order valence-corrected chi connectivity index (χ4v) is 3.92. The maximum Gasteiger partial charge on any atom is 0.263 e. The van der Waals surface area contributed by atoms with Crippen LogP contribution in [0.3, 0.4) is 0 Å². The van der Waals surface area contributed by atoms with Gasteiger partial charge in [-0.25, -0.2) is 0 Å². The number of fused-ring (bicyclic) bond motifs is 1. The first-order chi connectivity index (χ1) is 12.7. The quantitative estimate of drug-likeness (QED) is 0.579. The van der Waals surface area contributed by atoms with Gasteiger partial charge in [-0.3, -0.25) is 9.59 Å². The predicted octanol–water partition coefficient (Wildman–Crippen LogP) is 5.33. The molecule has 2 N–H and O–H groups in total. The lowest BCUT2D eigenvalue weighted by atomic mass is 10.1. The van der Waals surface area contributed by atoms with Gasteiger partial charge in [0.05, 0.1) is 21.7 Å². The van der Waals surface area contributed by atoms with Crippen LogP contribution in [-0.4, -0.2) is 17.4 Å². The number of hydrogen-bond acceptors (Lipinski definition) is 4. The Hall–Kier alpha value is -2.57. The fourth-order valence-electron chi connectivity index (χ4n) is 2.45. The number of amides is 2. The van der Waals surface area contributed by atoms with E-state index in [1.165, 1.54) is 23.7 Å². The molecule has 0 fully saturated rings. The van der Waals surface area contributed by atoms with Crippen LogP contribution in [-0.2, 0) is 4.79 Å². The van der Waals surface area contributed by atoms with Gasteiger partial charge >= 0.3 is 0 Å². The summed E-state index contributed by atoms with van der Waals surface area (Å²) in [5.74, 6) is 0.0523. The molecule has 5 nitrogen and oxygen atoms in total. The SMILES string of the molecule is CC(C)(C)NC(=O)c1sc2c(NC(=O)/C=C/c3ccco3)cccc2c1Cl. The third-order valence-corrected chi connectivity index (χ3v) is 5.29. The minimum atomic E-state index is -0.371. The van der Waals surface area contributed by atoms with Gasteiger partial charge < -0.3 is 15.1 Å². The number of anilines is 1. The zero-order chi connectivity index (χ0) is 19.6. The molecule has 2 amide bonds. The van der Waals surface area contributed by atoms with Crippen molar-refractivity contribution in [3.05, 3.63) is 58.3 Å². The van der Waals surface area contributed by atoms with Crippen LogP contribution in [0.1, 0.15) is 36.2 Å². The topological polar surface area (TPSA) is 71.3 Å². The van der Waals surface area contributed by atoms with Crippen LogP contribution in [0, 0.1) is 0 Å². The fraction of sp³-hybridized carbons (Fsp3) is 0.200. The zero-order valence-corrected chi connectivity index (χ0v) is 16.7. The number of nitrogens with one attached hydrogen (secondary N) is 2. The molecule has 0 saturated heterocycles. The monoisotopic (exact) mass is 402 g/mol. The van der Waals surface area contributed by atoms with Gasteiger partial charge in [0.15, 0.2) is 0 Å². The molecule has 0 aliphatic heterocycles. The third kappa shape index (κ3) is 4.59. The van der Waals surface area contributed by atoms with Gasteiger partial charge in [0.1, 0.15) is 10.6 Å². The summed E-state index contributed by atoms with van der Waals surface area (Å²) in [4.78, 5) is 25.2. The number of benzene rings is 1. The lowest BCUT2D eigenvalue weighted by molar-refractivity contribution is -0.111. The molecule has 1 aromatic carbocycles. The number of rotatable bonds is 4. The van der Waals surface area contributed by atoms with Crippen molar-refractivity contribution in [2.45, 2.75) is 26.3 Å². The summed E-state index contributed by atoms with van der Waals surface area (Å²) in [6.07, 6.45) is 4.51. The summed E-state index contributed by atoms with van der Waals surface area (Å²) < 4.78 is 5.91. The Morgan fingerprint density at radius 3 is 2.63 bits per heavy atom. The van der Waals surface area contributed by atoms with E-state index in [0.29, 0.717) is 21.3 Å². The molecule has 3 aromatic rings. The van der Waals surface area contributed by atoms with Crippen molar-refractivity contribution in [3.8, 4) is 0 Å². The van der Waals surface area contributed by atoms with Crippen LogP contribution in [0.4, 0.5) is 5.69 Å². The van der Waals surface area contributed by atoms with E-state index in [9.17, 15) is 9.59 Å². The molecule has 0 aliphatic rings. The number of carbonyl (C=O) groups excluding carboxylic acids is 2. The molecule has 2 heterocycles. The highest BCUT2D eigenvalue weighted by molar-refractivity contribution is 7.22. The van der Waals surface area contributed by atoms with Crippen LogP contribution in [0.5, 0.6) is 0 Å². The highest BCUT2D eigenvalue weighted by Gasteiger charge is 2.22. The molecular weight excluding hydrogens is 384 g/mol. The summed E-state index contributed by atoms with van der Waals surface area (Å²) in [6.45, 7) is 5.72. The van der Waals surface area contributed by atoms with Crippen LogP contribution >= 0.6 is 22.9 Å². The molecule has 140 valence electrons. The van der Waals surface area contributed by atoms with E-state index >= 15 is 0 Å². The Balaban J connectivity index is 1.87. The van der Waals surface area contributed by atoms with Crippen molar-refractivity contribution >= 4 is 56.6 Å². The molecule has 27 heavy (non-hydrogen) atoms. The van der Waals surface area contributed by atoms with Crippen LogP contribution in [0.25, 0.3) is 16.2 Å². The molecule has 2 aromatic heterocycles. The summed E-state index contributed by atoms with van der Waals surface area (Å²) in [6, 6.07) is 8.90. The van der Waals surface area contributed by atoms with E-state index in [0.717, 1.165) is 10.1 Å². The molecule has 0 atom stereocenters. The molecule has 0 unspecified atom stereocenters. The minimum absolute atomic E-state index is 0.233.